The van der Waals surface area contributed by atoms with Crippen LogP contribution in [0.2, 0.25) is 0 Å². The second-order valence-corrected chi connectivity index (χ2v) is 6.71. The SMILES string of the molecule is N=c1sc2cc(OC(F)(F)F)ccc2n1CCSc1ncccn1. The van der Waals surface area contributed by atoms with Gasteiger partial charge in [-0.1, -0.05) is 23.1 Å². The van der Waals surface area contributed by atoms with Gasteiger partial charge in [-0.25, -0.2) is 9.97 Å². The number of aryl methyl sites for hydroxylation is 1. The average molecular weight is 372 g/mol. The van der Waals surface area contributed by atoms with Crippen LogP contribution in [0.1, 0.15) is 0 Å². The molecule has 0 atom stereocenters. The van der Waals surface area contributed by atoms with Crippen LogP contribution in [0, 0.1) is 5.41 Å². The minimum absolute atomic E-state index is 0.267. The van der Waals surface area contributed by atoms with Crippen LogP contribution in [-0.4, -0.2) is 26.7 Å². The summed E-state index contributed by atoms with van der Waals surface area (Å²) < 4.78 is 43.1. The first-order chi connectivity index (χ1) is 11.4. The van der Waals surface area contributed by atoms with Crippen molar-refractivity contribution in [3.63, 3.8) is 0 Å². The van der Waals surface area contributed by atoms with Gasteiger partial charge in [0, 0.05) is 24.7 Å². The lowest BCUT2D eigenvalue weighted by Crippen LogP contribution is -2.17. The van der Waals surface area contributed by atoms with Crippen molar-refractivity contribution in [2.45, 2.75) is 18.1 Å². The van der Waals surface area contributed by atoms with Crippen LogP contribution < -0.4 is 9.54 Å². The minimum atomic E-state index is -4.73. The van der Waals surface area contributed by atoms with Crippen molar-refractivity contribution in [3.05, 3.63) is 41.5 Å². The normalized spacial score (nSPS) is 11.8. The van der Waals surface area contributed by atoms with Crippen LogP contribution >= 0.6 is 23.1 Å². The van der Waals surface area contributed by atoms with Gasteiger partial charge < -0.3 is 9.30 Å². The maximum Gasteiger partial charge on any atom is 0.573 e. The van der Waals surface area contributed by atoms with Gasteiger partial charge in [-0.2, -0.15) is 0 Å². The Balaban J connectivity index is 1.76. The van der Waals surface area contributed by atoms with Gasteiger partial charge in [-0.3, -0.25) is 5.41 Å². The number of thioether (sulfide) groups is 1. The van der Waals surface area contributed by atoms with E-state index in [1.165, 1.54) is 30.0 Å². The van der Waals surface area contributed by atoms with Gasteiger partial charge in [0.25, 0.3) is 0 Å². The van der Waals surface area contributed by atoms with E-state index in [-0.39, 0.29) is 10.6 Å². The smallest absolute Gasteiger partial charge is 0.406 e. The number of hydrogen-bond donors (Lipinski definition) is 1. The molecule has 0 aliphatic rings. The Labute approximate surface area is 142 Å². The number of hydrogen-bond acceptors (Lipinski definition) is 6. The van der Waals surface area contributed by atoms with Crippen LogP contribution in [-0.2, 0) is 6.54 Å². The minimum Gasteiger partial charge on any atom is -0.406 e. The third-order valence-corrected chi connectivity index (χ3v) is 4.81. The molecular formula is C14H11F3N4OS2. The number of nitrogens with one attached hydrogen (secondary N) is 1. The number of ether oxygens (including phenoxy) is 1. The van der Waals surface area contributed by atoms with E-state index in [9.17, 15) is 13.2 Å². The van der Waals surface area contributed by atoms with E-state index in [4.69, 9.17) is 5.41 Å². The van der Waals surface area contributed by atoms with Gasteiger partial charge in [0.15, 0.2) is 9.96 Å². The third kappa shape index (κ3) is 4.06. The predicted molar refractivity (Wildman–Crippen MR) is 85.1 cm³/mol. The summed E-state index contributed by atoms with van der Waals surface area (Å²) in [6.45, 7) is 0.529. The van der Waals surface area contributed by atoms with Gasteiger partial charge in [0.1, 0.15) is 5.75 Å². The molecule has 24 heavy (non-hydrogen) atoms. The molecule has 0 saturated carbocycles. The van der Waals surface area contributed by atoms with Gasteiger partial charge in [-0.15, -0.1) is 13.2 Å². The van der Waals surface area contributed by atoms with Gasteiger partial charge >= 0.3 is 6.36 Å². The molecule has 1 N–H and O–H groups in total. The fourth-order valence-electron chi connectivity index (χ4n) is 2.08. The first-order valence-corrected chi connectivity index (χ1v) is 8.56. The summed E-state index contributed by atoms with van der Waals surface area (Å²) >= 11 is 2.56. The highest BCUT2D eigenvalue weighted by Crippen LogP contribution is 2.28. The molecule has 0 amide bonds. The Morgan fingerprint density at radius 3 is 2.71 bits per heavy atom. The van der Waals surface area contributed by atoms with Crippen molar-refractivity contribution in [2.75, 3.05) is 5.75 Å². The van der Waals surface area contributed by atoms with Crippen molar-refractivity contribution in [1.82, 2.24) is 14.5 Å². The molecule has 3 aromatic rings. The number of benzene rings is 1. The monoisotopic (exact) mass is 372 g/mol. The van der Waals surface area contributed by atoms with Crippen molar-refractivity contribution >= 4 is 33.3 Å². The largest absolute Gasteiger partial charge is 0.573 e. The molecule has 0 aliphatic carbocycles. The highest BCUT2D eigenvalue weighted by atomic mass is 32.2. The van der Waals surface area contributed by atoms with Gasteiger partial charge in [-0.05, 0) is 24.3 Å². The molecule has 0 radical (unpaired) electrons. The first-order valence-electron chi connectivity index (χ1n) is 6.76. The lowest BCUT2D eigenvalue weighted by molar-refractivity contribution is -0.274. The predicted octanol–water partition coefficient (Wildman–Crippen LogP) is 3.66. The molecule has 10 heteroatoms. The van der Waals surface area contributed by atoms with E-state index in [2.05, 4.69) is 14.7 Å². The second kappa shape index (κ2) is 6.81. The van der Waals surface area contributed by atoms with Crippen LogP contribution in [0.3, 0.4) is 0 Å². The number of thiazole rings is 1. The Hall–Kier alpha value is -2.07. The quantitative estimate of drug-likeness (QED) is 0.548. The molecule has 0 bridgehead atoms. The zero-order chi connectivity index (χ0) is 17.2. The Morgan fingerprint density at radius 2 is 2.00 bits per heavy atom. The summed E-state index contributed by atoms with van der Waals surface area (Å²) in [5.74, 6) is 0.364. The van der Waals surface area contributed by atoms with Crippen LogP contribution in [0.5, 0.6) is 5.75 Å². The fraction of sp³-hybridized carbons (Fsp3) is 0.214. The number of nitrogens with zero attached hydrogens (tertiary/aromatic N) is 3. The Morgan fingerprint density at radius 1 is 1.25 bits per heavy atom. The molecule has 0 unspecified atom stereocenters. The van der Waals surface area contributed by atoms with Crippen molar-refractivity contribution in [3.8, 4) is 5.75 Å². The van der Waals surface area contributed by atoms with Crippen molar-refractivity contribution < 1.29 is 17.9 Å². The lowest BCUT2D eigenvalue weighted by Gasteiger charge is -2.09. The zero-order valence-corrected chi connectivity index (χ0v) is 13.7. The van der Waals surface area contributed by atoms with E-state index < -0.39 is 6.36 Å². The number of halogens is 3. The van der Waals surface area contributed by atoms with Crippen LogP contribution in [0.15, 0.2) is 41.8 Å². The van der Waals surface area contributed by atoms with Crippen LogP contribution in [0.25, 0.3) is 10.2 Å². The standard InChI is InChI=1S/C14H11F3N4OS2/c15-14(16,17)22-9-2-3-10-11(8-9)24-12(18)21(10)6-7-23-13-19-4-1-5-20-13/h1-5,8,18H,6-7H2. The number of aromatic nitrogens is 3. The van der Waals surface area contributed by atoms with Gasteiger partial charge in [0.05, 0.1) is 10.2 Å². The summed E-state index contributed by atoms with van der Waals surface area (Å²) in [7, 11) is 0. The number of alkyl halides is 3. The van der Waals surface area contributed by atoms with Crippen molar-refractivity contribution in [2.24, 2.45) is 0 Å². The molecule has 0 saturated heterocycles. The van der Waals surface area contributed by atoms with E-state index in [1.54, 1.807) is 23.0 Å². The van der Waals surface area contributed by atoms with Crippen LogP contribution in [0.4, 0.5) is 13.2 Å². The topological polar surface area (TPSA) is 63.8 Å². The fourth-order valence-corrected chi connectivity index (χ4v) is 3.77. The Kier molecular flexibility index (Phi) is 4.76. The second-order valence-electron chi connectivity index (χ2n) is 4.62. The van der Waals surface area contributed by atoms with E-state index in [0.29, 0.717) is 27.7 Å². The first kappa shape index (κ1) is 16.8. The lowest BCUT2D eigenvalue weighted by atomic mass is 10.3. The van der Waals surface area contributed by atoms with Gasteiger partial charge in [0.2, 0.25) is 0 Å². The molecule has 0 aliphatic heterocycles. The highest BCUT2D eigenvalue weighted by molar-refractivity contribution is 7.99. The summed E-state index contributed by atoms with van der Waals surface area (Å²) in [5, 5.41) is 8.65. The van der Waals surface area contributed by atoms with Crippen molar-refractivity contribution in [1.29, 1.82) is 5.41 Å². The molecule has 0 fully saturated rings. The molecule has 2 aromatic heterocycles. The highest BCUT2D eigenvalue weighted by Gasteiger charge is 2.31. The number of fused-ring (bicyclic) bond motifs is 1. The summed E-state index contributed by atoms with van der Waals surface area (Å²) in [5.41, 5.74) is 0.703. The van der Waals surface area contributed by atoms with E-state index in [1.807, 2.05) is 0 Å². The molecule has 0 spiro atoms. The summed E-state index contributed by atoms with van der Waals surface area (Å²) in [6, 6.07) is 5.82. The molecule has 1 aromatic carbocycles. The van der Waals surface area contributed by atoms with E-state index >= 15 is 0 Å². The number of rotatable bonds is 5. The Bertz CT molecular complexity index is 892. The molecular weight excluding hydrogens is 361 g/mol. The average Bonchev–Trinajstić information content (AvgIpc) is 2.82. The molecule has 126 valence electrons. The molecule has 5 nitrogen and oxygen atoms in total. The summed E-state index contributed by atoms with van der Waals surface area (Å²) in [6.07, 6.45) is -1.42. The third-order valence-electron chi connectivity index (χ3n) is 3.00. The summed E-state index contributed by atoms with van der Waals surface area (Å²) in [4.78, 5) is 8.47. The molecule has 2 heterocycles. The molecule has 3 rings (SSSR count). The zero-order valence-electron chi connectivity index (χ0n) is 12.1. The maximum absolute atomic E-state index is 12.3. The van der Waals surface area contributed by atoms with E-state index in [0.717, 1.165) is 11.3 Å². The maximum atomic E-state index is 12.3.